The second-order valence-electron chi connectivity index (χ2n) is 6.31. The van der Waals surface area contributed by atoms with Crippen molar-refractivity contribution < 1.29 is 14.3 Å². The van der Waals surface area contributed by atoms with E-state index >= 15 is 0 Å². The summed E-state index contributed by atoms with van der Waals surface area (Å²) in [5, 5.41) is 0. The van der Waals surface area contributed by atoms with Crippen molar-refractivity contribution in [2.24, 2.45) is 0 Å². The summed E-state index contributed by atoms with van der Waals surface area (Å²) in [6.45, 7) is 7.20. The SMILES string of the molecule is CC1CN(CCC(=O)N2CCOCC2)C(c2ccccc2)CO1. The first-order valence-corrected chi connectivity index (χ1v) is 8.50. The Bertz CT molecular complexity index is 502. The standard InChI is InChI=1S/C18H26N2O3/c1-15-13-20(8-7-18(21)19-9-11-22-12-10-19)17(14-23-15)16-5-3-2-4-6-16/h2-6,15,17H,7-14H2,1H3. The maximum absolute atomic E-state index is 12.4. The summed E-state index contributed by atoms with van der Waals surface area (Å²) in [5.41, 5.74) is 1.26. The van der Waals surface area contributed by atoms with Crippen LogP contribution >= 0.6 is 0 Å². The minimum absolute atomic E-state index is 0.216. The van der Waals surface area contributed by atoms with Gasteiger partial charge in [0.2, 0.25) is 5.91 Å². The molecule has 2 aliphatic rings. The van der Waals surface area contributed by atoms with Crippen molar-refractivity contribution in [3.63, 3.8) is 0 Å². The molecule has 2 aliphatic heterocycles. The number of carbonyl (C=O) groups excluding carboxylic acids is 1. The van der Waals surface area contributed by atoms with Crippen LogP contribution in [-0.2, 0) is 14.3 Å². The Kier molecular flexibility index (Phi) is 5.65. The normalized spacial score (nSPS) is 26.2. The Balaban J connectivity index is 1.59. The van der Waals surface area contributed by atoms with Crippen LogP contribution in [0.3, 0.4) is 0 Å². The molecular formula is C18H26N2O3. The molecule has 1 aromatic rings. The van der Waals surface area contributed by atoms with Gasteiger partial charge in [-0.05, 0) is 12.5 Å². The topological polar surface area (TPSA) is 42.0 Å². The number of rotatable bonds is 4. The molecule has 0 saturated carbocycles. The molecule has 2 saturated heterocycles. The van der Waals surface area contributed by atoms with E-state index in [0.29, 0.717) is 26.2 Å². The Morgan fingerprint density at radius 3 is 2.70 bits per heavy atom. The first-order valence-electron chi connectivity index (χ1n) is 8.50. The van der Waals surface area contributed by atoms with E-state index in [-0.39, 0.29) is 18.1 Å². The quantitative estimate of drug-likeness (QED) is 0.847. The van der Waals surface area contributed by atoms with Crippen LogP contribution in [0.15, 0.2) is 30.3 Å². The van der Waals surface area contributed by atoms with Crippen molar-refractivity contribution in [1.82, 2.24) is 9.80 Å². The van der Waals surface area contributed by atoms with Gasteiger partial charge in [0.25, 0.3) is 0 Å². The van der Waals surface area contributed by atoms with Gasteiger partial charge in [0.1, 0.15) is 0 Å². The summed E-state index contributed by atoms with van der Waals surface area (Å²) in [4.78, 5) is 16.7. The molecule has 126 valence electrons. The Labute approximate surface area is 138 Å². The Hall–Kier alpha value is -1.43. The minimum atomic E-state index is 0.216. The van der Waals surface area contributed by atoms with Crippen LogP contribution in [0.4, 0.5) is 0 Å². The third-order valence-corrected chi connectivity index (χ3v) is 4.63. The van der Waals surface area contributed by atoms with Crippen molar-refractivity contribution in [2.45, 2.75) is 25.5 Å². The number of morpholine rings is 2. The molecule has 2 fully saturated rings. The van der Waals surface area contributed by atoms with Crippen LogP contribution in [-0.4, -0.2) is 67.8 Å². The van der Waals surface area contributed by atoms with Crippen molar-refractivity contribution in [1.29, 1.82) is 0 Å². The molecule has 23 heavy (non-hydrogen) atoms. The molecule has 5 heteroatoms. The molecule has 2 heterocycles. The zero-order chi connectivity index (χ0) is 16.1. The summed E-state index contributed by atoms with van der Waals surface area (Å²) in [6, 6.07) is 10.7. The predicted octanol–water partition coefficient (Wildman–Crippen LogP) is 1.70. The number of benzene rings is 1. The monoisotopic (exact) mass is 318 g/mol. The van der Waals surface area contributed by atoms with Gasteiger partial charge in [-0.25, -0.2) is 0 Å². The maximum atomic E-state index is 12.4. The third-order valence-electron chi connectivity index (χ3n) is 4.63. The highest BCUT2D eigenvalue weighted by atomic mass is 16.5. The fourth-order valence-corrected chi connectivity index (χ4v) is 3.31. The molecule has 0 radical (unpaired) electrons. The summed E-state index contributed by atoms with van der Waals surface area (Å²) in [7, 11) is 0. The van der Waals surface area contributed by atoms with Gasteiger partial charge < -0.3 is 14.4 Å². The number of nitrogens with zero attached hydrogens (tertiary/aromatic N) is 2. The van der Waals surface area contributed by atoms with Gasteiger partial charge in [0.15, 0.2) is 0 Å². The highest BCUT2D eigenvalue weighted by Crippen LogP contribution is 2.26. The molecule has 1 amide bonds. The molecule has 3 rings (SSSR count). The van der Waals surface area contributed by atoms with Gasteiger partial charge in [-0.3, -0.25) is 9.69 Å². The van der Waals surface area contributed by atoms with Crippen LogP contribution in [0.25, 0.3) is 0 Å². The van der Waals surface area contributed by atoms with Gasteiger partial charge in [-0.2, -0.15) is 0 Å². The summed E-state index contributed by atoms with van der Waals surface area (Å²) in [5.74, 6) is 0.235. The largest absolute Gasteiger partial charge is 0.378 e. The number of hydrogen-bond donors (Lipinski definition) is 0. The average molecular weight is 318 g/mol. The predicted molar refractivity (Wildman–Crippen MR) is 88.2 cm³/mol. The number of carbonyl (C=O) groups is 1. The summed E-state index contributed by atoms with van der Waals surface area (Å²) >= 11 is 0. The highest BCUT2D eigenvalue weighted by Gasteiger charge is 2.28. The lowest BCUT2D eigenvalue weighted by atomic mass is 10.0. The van der Waals surface area contributed by atoms with Crippen LogP contribution in [0.2, 0.25) is 0 Å². The second kappa shape index (κ2) is 7.90. The van der Waals surface area contributed by atoms with E-state index in [9.17, 15) is 4.79 Å². The zero-order valence-corrected chi connectivity index (χ0v) is 13.8. The highest BCUT2D eigenvalue weighted by molar-refractivity contribution is 5.76. The van der Waals surface area contributed by atoms with Crippen molar-refractivity contribution >= 4 is 5.91 Å². The van der Waals surface area contributed by atoms with Gasteiger partial charge in [-0.1, -0.05) is 30.3 Å². The van der Waals surface area contributed by atoms with Crippen LogP contribution < -0.4 is 0 Å². The van der Waals surface area contributed by atoms with Crippen molar-refractivity contribution in [2.75, 3.05) is 46.0 Å². The van der Waals surface area contributed by atoms with Gasteiger partial charge in [0.05, 0.1) is 32.0 Å². The number of ether oxygens (including phenoxy) is 2. The fourth-order valence-electron chi connectivity index (χ4n) is 3.31. The lowest BCUT2D eigenvalue weighted by Gasteiger charge is -2.39. The summed E-state index contributed by atoms with van der Waals surface area (Å²) < 4.78 is 11.2. The molecule has 2 atom stereocenters. The summed E-state index contributed by atoms with van der Waals surface area (Å²) in [6.07, 6.45) is 0.782. The molecule has 0 spiro atoms. The van der Waals surface area contributed by atoms with Gasteiger partial charge in [-0.15, -0.1) is 0 Å². The molecule has 2 unspecified atom stereocenters. The van der Waals surface area contributed by atoms with E-state index in [1.54, 1.807) is 0 Å². The molecular weight excluding hydrogens is 292 g/mol. The Morgan fingerprint density at radius 1 is 1.22 bits per heavy atom. The molecule has 0 aliphatic carbocycles. The van der Waals surface area contributed by atoms with E-state index in [1.165, 1.54) is 5.56 Å². The minimum Gasteiger partial charge on any atom is -0.378 e. The third kappa shape index (κ3) is 4.31. The van der Waals surface area contributed by atoms with Gasteiger partial charge in [0, 0.05) is 32.6 Å². The molecule has 0 N–H and O–H groups in total. The van der Waals surface area contributed by atoms with E-state index in [4.69, 9.17) is 9.47 Å². The van der Waals surface area contributed by atoms with E-state index in [0.717, 1.165) is 26.2 Å². The van der Waals surface area contributed by atoms with E-state index in [2.05, 4.69) is 36.1 Å². The van der Waals surface area contributed by atoms with E-state index in [1.807, 2.05) is 11.0 Å². The maximum Gasteiger partial charge on any atom is 0.224 e. The van der Waals surface area contributed by atoms with Crippen molar-refractivity contribution in [3.8, 4) is 0 Å². The average Bonchev–Trinajstić information content (AvgIpc) is 2.61. The first-order chi connectivity index (χ1) is 11.2. The molecule has 0 bridgehead atoms. The Morgan fingerprint density at radius 2 is 1.96 bits per heavy atom. The smallest absolute Gasteiger partial charge is 0.224 e. The number of amides is 1. The molecule has 5 nitrogen and oxygen atoms in total. The second-order valence-corrected chi connectivity index (χ2v) is 6.31. The first kappa shape index (κ1) is 16.4. The van der Waals surface area contributed by atoms with E-state index < -0.39 is 0 Å². The van der Waals surface area contributed by atoms with Crippen LogP contribution in [0.1, 0.15) is 24.9 Å². The molecule has 0 aromatic heterocycles. The van der Waals surface area contributed by atoms with Crippen LogP contribution in [0, 0.1) is 0 Å². The fraction of sp³-hybridized carbons (Fsp3) is 0.611. The van der Waals surface area contributed by atoms with Gasteiger partial charge >= 0.3 is 0 Å². The van der Waals surface area contributed by atoms with Crippen molar-refractivity contribution in [3.05, 3.63) is 35.9 Å². The zero-order valence-electron chi connectivity index (χ0n) is 13.8. The van der Waals surface area contributed by atoms with Crippen LogP contribution in [0.5, 0.6) is 0 Å². The number of hydrogen-bond acceptors (Lipinski definition) is 4. The lowest BCUT2D eigenvalue weighted by Crippen LogP contribution is -2.46. The lowest BCUT2D eigenvalue weighted by molar-refractivity contribution is -0.136. The molecule has 1 aromatic carbocycles.